The second-order valence-corrected chi connectivity index (χ2v) is 4.05. The van der Waals surface area contributed by atoms with Crippen molar-refractivity contribution in [2.75, 3.05) is 7.11 Å². The minimum absolute atomic E-state index is 0.475. The number of methoxy groups -OCH3 is 1. The third-order valence-corrected chi connectivity index (χ3v) is 3.19. The molecule has 0 aliphatic heterocycles. The third-order valence-electron chi connectivity index (χ3n) is 3.19. The fourth-order valence-electron chi connectivity index (χ4n) is 2.15. The molecule has 1 unspecified atom stereocenters. The van der Waals surface area contributed by atoms with Crippen LogP contribution in [0.5, 0.6) is 0 Å². The number of hydrogen-bond acceptors (Lipinski definition) is 1. The van der Waals surface area contributed by atoms with Crippen molar-refractivity contribution in [2.24, 2.45) is 5.92 Å². The van der Waals surface area contributed by atoms with E-state index in [1.54, 1.807) is 0 Å². The molecule has 0 amide bonds. The summed E-state index contributed by atoms with van der Waals surface area (Å²) in [5.74, 6) is 0.829. The van der Waals surface area contributed by atoms with Gasteiger partial charge in [0, 0.05) is 7.11 Å². The second-order valence-electron chi connectivity index (χ2n) is 4.05. The first-order valence-electron chi connectivity index (χ1n) is 5.37. The Balaban J connectivity index is 2.29. The molecular formula is C11H22O. The Bertz CT molecular complexity index is 104. The van der Waals surface area contributed by atoms with Gasteiger partial charge in [-0.15, -0.1) is 0 Å². The van der Waals surface area contributed by atoms with Crippen LogP contribution in [-0.2, 0) is 4.74 Å². The first-order chi connectivity index (χ1) is 5.84. The highest BCUT2D eigenvalue weighted by Crippen LogP contribution is 2.25. The Morgan fingerprint density at radius 3 is 2.00 bits per heavy atom. The summed E-state index contributed by atoms with van der Waals surface area (Å²) in [6, 6.07) is 0. The quantitative estimate of drug-likeness (QED) is 0.617. The van der Waals surface area contributed by atoms with Crippen LogP contribution in [0, 0.1) is 5.92 Å². The summed E-state index contributed by atoms with van der Waals surface area (Å²) in [4.78, 5) is 0. The van der Waals surface area contributed by atoms with Crippen molar-refractivity contribution in [3.05, 3.63) is 0 Å². The lowest BCUT2D eigenvalue weighted by Crippen LogP contribution is -2.20. The highest BCUT2D eigenvalue weighted by Gasteiger charge is 2.17. The van der Waals surface area contributed by atoms with Gasteiger partial charge in [-0.05, 0) is 25.7 Å². The zero-order valence-electron chi connectivity index (χ0n) is 8.51. The largest absolute Gasteiger partial charge is 0.381 e. The maximum atomic E-state index is 5.39. The van der Waals surface area contributed by atoms with Crippen LogP contribution >= 0.6 is 0 Å². The van der Waals surface area contributed by atoms with Gasteiger partial charge in [0.05, 0.1) is 6.10 Å². The molecule has 1 saturated carbocycles. The molecule has 1 aliphatic rings. The van der Waals surface area contributed by atoms with Gasteiger partial charge in [0.1, 0.15) is 0 Å². The topological polar surface area (TPSA) is 9.23 Å². The maximum Gasteiger partial charge on any atom is 0.0571 e. The Labute approximate surface area is 76.5 Å². The van der Waals surface area contributed by atoms with Crippen LogP contribution in [0.15, 0.2) is 0 Å². The van der Waals surface area contributed by atoms with E-state index in [9.17, 15) is 0 Å². The van der Waals surface area contributed by atoms with Crippen molar-refractivity contribution in [1.82, 2.24) is 0 Å². The summed E-state index contributed by atoms with van der Waals surface area (Å²) in [6.45, 7) is 2.21. The molecule has 0 aromatic rings. The molecule has 0 N–H and O–H groups in total. The molecule has 1 heteroatoms. The van der Waals surface area contributed by atoms with Crippen LogP contribution in [0.4, 0.5) is 0 Å². The maximum absolute atomic E-state index is 5.39. The van der Waals surface area contributed by atoms with Crippen molar-refractivity contribution < 1.29 is 4.74 Å². The fraction of sp³-hybridized carbons (Fsp3) is 1.00. The van der Waals surface area contributed by atoms with Crippen molar-refractivity contribution in [1.29, 1.82) is 0 Å². The Morgan fingerprint density at radius 1 is 1.00 bits per heavy atom. The summed E-state index contributed by atoms with van der Waals surface area (Å²) in [5.41, 5.74) is 0. The Hall–Kier alpha value is -0.0400. The molecule has 0 radical (unpaired) electrons. The molecule has 1 aliphatic carbocycles. The lowest BCUT2D eigenvalue weighted by Gasteiger charge is -2.24. The molecule has 72 valence electrons. The molecule has 0 aromatic heterocycles. The lowest BCUT2D eigenvalue weighted by molar-refractivity contribution is 0.0553. The van der Waals surface area contributed by atoms with Crippen molar-refractivity contribution in [2.45, 2.75) is 58.0 Å². The smallest absolute Gasteiger partial charge is 0.0571 e. The molecule has 0 saturated heterocycles. The van der Waals surface area contributed by atoms with E-state index in [1.165, 1.54) is 44.9 Å². The van der Waals surface area contributed by atoms with Gasteiger partial charge in [0.2, 0.25) is 0 Å². The van der Waals surface area contributed by atoms with E-state index >= 15 is 0 Å². The van der Waals surface area contributed by atoms with E-state index < -0.39 is 0 Å². The highest BCUT2D eigenvalue weighted by molar-refractivity contribution is 4.68. The highest BCUT2D eigenvalue weighted by atomic mass is 16.5. The average Bonchev–Trinajstić information content (AvgIpc) is 2.02. The van der Waals surface area contributed by atoms with E-state index in [-0.39, 0.29) is 0 Å². The first kappa shape index (κ1) is 10.0. The molecule has 12 heavy (non-hydrogen) atoms. The normalized spacial score (nSPS) is 24.5. The zero-order valence-corrected chi connectivity index (χ0v) is 8.51. The van der Waals surface area contributed by atoms with Gasteiger partial charge in [-0.2, -0.15) is 0 Å². The summed E-state index contributed by atoms with van der Waals surface area (Å²) in [5, 5.41) is 0. The minimum Gasteiger partial charge on any atom is -0.381 e. The van der Waals surface area contributed by atoms with Crippen LogP contribution in [0.2, 0.25) is 0 Å². The second kappa shape index (κ2) is 5.58. The van der Waals surface area contributed by atoms with Crippen LogP contribution in [0.3, 0.4) is 0 Å². The van der Waals surface area contributed by atoms with Crippen molar-refractivity contribution >= 4 is 0 Å². The number of ether oxygens (including phenoxy) is 1. The van der Waals surface area contributed by atoms with Gasteiger partial charge in [-0.3, -0.25) is 0 Å². The summed E-state index contributed by atoms with van der Waals surface area (Å²) in [6.07, 6.45) is 10.4. The van der Waals surface area contributed by atoms with Gasteiger partial charge in [0.15, 0.2) is 0 Å². The molecule has 0 heterocycles. The zero-order chi connectivity index (χ0) is 8.81. The summed E-state index contributed by atoms with van der Waals surface area (Å²) in [7, 11) is 1.84. The SMILES string of the molecule is COC(C)C1CCCCCCC1. The molecule has 1 nitrogen and oxygen atoms in total. The van der Waals surface area contributed by atoms with E-state index in [1.807, 2.05) is 7.11 Å². The lowest BCUT2D eigenvalue weighted by atomic mass is 9.88. The van der Waals surface area contributed by atoms with Crippen LogP contribution in [-0.4, -0.2) is 13.2 Å². The number of rotatable bonds is 2. The van der Waals surface area contributed by atoms with Crippen molar-refractivity contribution in [3.63, 3.8) is 0 Å². The Morgan fingerprint density at radius 2 is 1.50 bits per heavy atom. The minimum atomic E-state index is 0.475. The fourth-order valence-corrected chi connectivity index (χ4v) is 2.15. The van der Waals surface area contributed by atoms with Crippen LogP contribution in [0.1, 0.15) is 51.9 Å². The van der Waals surface area contributed by atoms with E-state index in [2.05, 4.69) is 6.92 Å². The van der Waals surface area contributed by atoms with Gasteiger partial charge < -0.3 is 4.74 Å². The molecule has 1 atom stereocenters. The standard InChI is InChI=1S/C11H22O/c1-10(12-2)11-8-6-4-3-5-7-9-11/h10-11H,3-9H2,1-2H3. The van der Waals surface area contributed by atoms with Gasteiger partial charge in [0.25, 0.3) is 0 Å². The van der Waals surface area contributed by atoms with Gasteiger partial charge in [-0.25, -0.2) is 0 Å². The third kappa shape index (κ3) is 3.14. The average molecular weight is 170 g/mol. The van der Waals surface area contributed by atoms with E-state index in [4.69, 9.17) is 4.74 Å². The van der Waals surface area contributed by atoms with Gasteiger partial charge in [-0.1, -0.05) is 32.1 Å². The van der Waals surface area contributed by atoms with Crippen molar-refractivity contribution in [3.8, 4) is 0 Å². The van der Waals surface area contributed by atoms with Crippen LogP contribution in [0.25, 0.3) is 0 Å². The first-order valence-corrected chi connectivity index (χ1v) is 5.37. The molecule has 0 spiro atoms. The molecule has 0 aromatic carbocycles. The monoisotopic (exact) mass is 170 g/mol. The van der Waals surface area contributed by atoms with E-state index in [0.717, 1.165) is 5.92 Å². The predicted octanol–water partition coefficient (Wildman–Crippen LogP) is 3.38. The molecule has 1 fully saturated rings. The van der Waals surface area contributed by atoms with Crippen LogP contribution < -0.4 is 0 Å². The summed E-state index contributed by atoms with van der Waals surface area (Å²) < 4.78 is 5.39. The molecular weight excluding hydrogens is 148 g/mol. The van der Waals surface area contributed by atoms with E-state index in [0.29, 0.717) is 6.10 Å². The van der Waals surface area contributed by atoms with Gasteiger partial charge >= 0.3 is 0 Å². The number of hydrogen-bond donors (Lipinski definition) is 0. The predicted molar refractivity (Wildman–Crippen MR) is 52.3 cm³/mol. The Kier molecular flexibility index (Phi) is 4.67. The molecule has 0 bridgehead atoms. The summed E-state index contributed by atoms with van der Waals surface area (Å²) >= 11 is 0. The molecule has 1 rings (SSSR count).